The molecule has 0 aliphatic carbocycles. The summed E-state index contributed by atoms with van der Waals surface area (Å²) in [7, 11) is 0. The summed E-state index contributed by atoms with van der Waals surface area (Å²) in [5.74, 6) is -0.151. The Kier molecular flexibility index (Phi) is 6.87. The van der Waals surface area contributed by atoms with E-state index in [9.17, 15) is 32.9 Å². The summed E-state index contributed by atoms with van der Waals surface area (Å²) >= 11 is 6.95. The third-order valence-electron chi connectivity index (χ3n) is 5.65. The van der Waals surface area contributed by atoms with Gasteiger partial charge in [0.1, 0.15) is 5.75 Å². The number of ether oxygens (including phenoxy) is 3. The van der Waals surface area contributed by atoms with E-state index in [1.54, 1.807) is 12.1 Å². The van der Waals surface area contributed by atoms with Crippen LogP contribution in [0.3, 0.4) is 0 Å². The average Bonchev–Trinajstić information content (AvgIpc) is 3.43. The molecule has 2 heterocycles. The van der Waals surface area contributed by atoms with Gasteiger partial charge in [-0.1, -0.05) is 29.8 Å². The number of nitro groups is 1. The molecule has 200 valence electrons. The van der Waals surface area contributed by atoms with Crippen molar-refractivity contribution in [2.45, 2.75) is 12.7 Å². The van der Waals surface area contributed by atoms with E-state index in [-0.39, 0.29) is 34.6 Å². The fraction of sp³-hybridized carbons (Fsp3) is 0.120. The highest BCUT2D eigenvalue weighted by atomic mass is 35.5. The van der Waals surface area contributed by atoms with Crippen molar-refractivity contribution in [3.8, 4) is 23.0 Å². The fourth-order valence-corrected chi connectivity index (χ4v) is 4.80. The molecule has 0 radical (unpaired) electrons. The SMILES string of the molecule is O=C1S/C(=C/c2ccccc2Oc2ccc(C(F)(F)F)cc2[N+](=O)[O-])C(=O)N1Cc1cc2c(cc1Cl)OCO2. The first-order valence-corrected chi connectivity index (χ1v) is 12.2. The highest BCUT2D eigenvalue weighted by Gasteiger charge is 2.36. The molecule has 2 aliphatic rings. The summed E-state index contributed by atoms with van der Waals surface area (Å²) in [6.07, 6.45) is -3.42. The van der Waals surface area contributed by atoms with Gasteiger partial charge in [0.05, 0.1) is 21.9 Å². The zero-order valence-corrected chi connectivity index (χ0v) is 20.9. The first-order valence-electron chi connectivity index (χ1n) is 11.0. The van der Waals surface area contributed by atoms with Gasteiger partial charge in [-0.3, -0.25) is 24.6 Å². The molecule has 39 heavy (non-hydrogen) atoms. The molecule has 0 unspecified atom stereocenters. The number of carbonyl (C=O) groups is 2. The molecular weight excluding hydrogens is 565 g/mol. The highest BCUT2D eigenvalue weighted by molar-refractivity contribution is 8.18. The molecule has 0 bridgehead atoms. The van der Waals surface area contributed by atoms with Crippen molar-refractivity contribution in [3.05, 3.63) is 91.3 Å². The highest BCUT2D eigenvalue weighted by Crippen LogP contribution is 2.41. The summed E-state index contributed by atoms with van der Waals surface area (Å²) in [6.45, 7) is -0.107. The van der Waals surface area contributed by atoms with Crippen molar-refractivity contribution in [2.75, 3.05) is 6.79 Å². The van der Waals surface area contributed by atoms with Gasteiger partial charge in [0, 0.05) is 22.7 Å². The van der Waals surface area contributed by atoms with Gasteiger partial charge in [-0.05, 0) is 47.7 Å². The van der Waals surface area contributed by atoms with Crippen LogP contribution >= 0.6 is 23.4 Å². The number of nitro benzene ring substituents is 1. The second-order valence-corrected chi connectivity index (χ2v) is 9.54. The van der Waals surface area contributed by atoms with E-state index in [2.05, 4.69) is 0 Å². The minimum atomic E-state index is -4.78. The smallest absolute Gasteiger partial charge is 0.416 e. The number of fused-ring (bicyclic) bond motifs is 1. The maximum absolute atomic E-state index is 13.1. The van der Waals surface area contributed by atoms with Crippen molar-refractivity contribution in [1.82, 2.24) is 4.90 Å². The first-order chi connectivity index (χ1) is 18.5. The third kappa shape index (κ3) is 5.36. The van der Waals surface area contributed by atoms with Crippen LogP contribution in [0.5, 0.6) is 23.0 Å². The number of hydrogen-bond acceptors (Lipinski definition) is 8. The standard InChI is InChI=1S/C25H14ClF3N2O7S/c26-16-10-21-20(36-12-37-21)7-14(16)11-30-23(32)22(39-24(30)33)8-13-3-1-2-4-18(13)38-19-6-5-15(25(27,28)29)9-17(19)31(34)35/h1-10H,11-12H2/b22-8+. The monoisotopic (exact) mass is 578 g/mol. The van der Waals surface area contributed by atoms with E-state index in [4.69, 9.17) is 25.8 Å². The van der Waals surface area contributed by atoms with E-state index in [1.807, 2.05) is 0 Å². The van der Waals surface area contributed by atoms with Crippen LogP contribution < -0.4 is 14.2 Å². The lowest BCUT2D eigenvalue weighted by Gasteiger charge is -2.14. The molecule has 14 heteroatoms. The van der Waals surface area contributed by atoms with Crippen molar-refractivity contribution < 1.29 is 41.9 Å². The Hall–Kier alpha value is -4.23. The van der Waals surface area contributed by atoms with E-state index in [0.29, 0.717) is 41.0 Å². The Balaban J connectivity index is 1.41. The number of thioether (sulfide) groups is 1. The van der Waals surface area contributed by atoms with Crippen LogP contribution in [-0.2, 0) is 17.5 Å². The number of para-hydroxylation sites is 1. The van der Waals surface area contributed by atoms with Crippen LogP contribution in [0.4, 0.5) is 23.7 Å². The minimum absolute atomic E-state index is 0.0194. The van der Waals surface area contributed by atoms with E-state index in [0.717, 1.165) is 11.0 Å². The Morgan fingerprint density at radius 1 is 1.08 bits per heavy atom. The number of imide groups is 1. The van der Waals surface area contributed by atoms with Gasteiger partial charge in [-0.25, -0.2) is 0 Å². The van der Waals surface area contributed by atoms with Gasteiger partial charge in [0.15, 0.2) is 11.5 Å². The second-order valence-electron chi connectivity index (χ2n) is 8.14. The first kappa shape index (κ1) is 26.4. The molecular formula is C25H14ClF3N2O7S. The second kappa shape index (κ2) is 10.2. The van der Waals surface area contributed by atoms with Gasteiger partial charge in [-0.2, -0.15) is 13.2 Å². The molecule has 0 spiro atoms. The lowest BCUT2D eigenvalue weighted by atomic mass is 10.1. The Labute approximate surface area is 226 Å². The van der Waals surface area contributed by atoms with Gasteiger partial charge in [0.2, 0.25) is 12.5 Å². The Morgan fingerprint density at radius 3 is 2.51 bits per heavy atom. The molecule has 0 atom stereocenters. The van der Waals surface area contributed by atoms with Crippen LogP contribution in [0.2, 0.25) is 5.02 Å². The van der Waals surface area contributed by atoms with Gasteiger partial charge in [0.25, 0.3) is 11.1 Å². The lowest BCUT2D eigenvalue weighted by molar-refractivity contribution is -0.385. The predicted molar refractivity (Wildman–Crippen MR) is 134 cm³/mol. The molecule has 0 N–H and O–H groups in total. The van der Waals surface area contributed by atoms with Crippen molar-refractivity contribution in [2.24, 2.45) is 0 Å². The minimum Gasteiger partial charge on any atom is -0.454 e. The summed E-state index contributed by atoms with van der Waals surface area (Å²) in [6, 6.07) is 11.1. The molecule has 0 saturated carbocycles. The molecule has 1 saturated heterocycles. The zero-order valence-electron chi connectivity index (χ0n) is 19.4. The number of nitrogens with zero attached hydrogens (tertiary/aromatic N) is 2. The summed E-state index contributed by atoms with van der Waals surface area (Å²) in [5.41, 5.74) is -1.37. The number of carbonyl (C=O) groups excluding carboxylic acids is 2. The van der Waals surface area contributed by atoms with Crippen LogP contribution in [0.1, 0.15) is 16.7 Å². The van der Waals surface area contributed by atoms with Gasteiger partial charge in [-0.15, -0.1) is 0 Å². The number of halogens is 4. The van der Waals surface area contributed by atoms with E-state index >= 15 is 0 Å². The van der Waals surface area contributed by atoms with E-state index in [1.165, 1.54) is 30.3 Å². The predicted octanol–water partition coefficient (Wildman–Crippen LogP) is 7.02. The zero-order chi connectivity index (χ0) is 27.9. The fourth-order valence-electron chi connectivity index (χ4n) is 3.76. The largest absolute Gasteiger partial charge is 0.454 e. The van der Waals surface area contributed by atoms with Crippen molar-refractivity contribution >= 4 is 46.3 Å². The number of amides is 2. The Morgan fingerprint density at radius 2 is 1.79 bits per heavy atom. The van der Waals surface area contributed by atoms with Crippen molar-refractivity contribution in [1.29, 1.82) is 0 Å². The quantitative estimate of drug-likeness (QED) is 0.174. The van der Waals surface area contributed by atoms with Crippen molar-refractivity contribution in [3.63, 3.8) is 0 Å². The molecule has 3 aromatic carbocycles. The van der Waals surface area contributed by atoms with Crippen LogP contribution in [0.25, 0.3) is 6.08 Å². The molecule has 0 aromatic heterocycles. The average molecular weight is 579 g/mol. The third-order valence-corrected chi connectivity index (χ3v) is 6.91. The van der Waals surface area contributed by atoms with Crippen LogP contribution in [0.15, 0.2) is 59.5 Å². The van der Waals surface area contributed by atoms with Crippen LogP contribution in [0, 0.1) is 10.1 Å². The molecule has 2 amide bonds. The summed E-state index contributed by atoms with van der Waals surface area (Å²) < 4.78 is 55.3. The number of hydrogen-bond donors (Lipinski definition) is 0. The maximum Gasteiger partial charge on any atom is 0.416 e. The molecule has 3 aromatic rings. The number of alkyl halides is 3. The normalized spacial score (nSPS) is 15.8. The molecule has 9 nitrogen and oxygen atoms in total. The molecule has 5 rings (SSSR count). The van der Waals surface area contributed by atoms with Gasteiger partial charge < -0.3 is 14.2 Å². The Bertz CT molecular complexity index is 1560. The summed E-state index contributed by atoms with van der Waals surface area (Å²) in [5, 5.41) is 11.2. The lowest BCUT2D eigenvalue weighted by Crippen LogP contribution is -2.27. The number of rotatable bonds is 6. The maximum atomic E-state index is 13.1. The topological polar surface area (TPSA) is 108 Å². The number of benzene rings is 3. The van der Waals surface area contributed by atoms with E-state index < -0.39 is 39.2 Å². The van der Waals surface area contributed by atoms with Crippen LogP contribution in [-0.4, -0.2) is 27.8 Å². The summed E-state index contributed by atoms with van der Waals surface area (Å²) in [4.78, 5) is 37.2. The molecule has 1 fully saturated rings. The molecule has 2 aliphatic heterocycles. The van der Waals surface area contributed by atoms with Gasteiger partial charge >= 0.3 is 11.9 Å².